The maximum atomic E-state index is 12.6. The molecule has 1 aromatic rings. The van der Waals surface area contributed by atoms with Gasteiger partial charge >= 0.3 is 0 Å². The van der Waals surface area contributed by atoms with E-state index in [1.165, 1.54) is 6.07 Å². The molecule has 0 spiro atoms. The van der Waals surface area contributed by atoms with E-state index in [2.05, 4.69) is 15.9 Å². The number of halogens is 2. The monoisotopic (exact) mass is 234 g/mol. The highest BCUT2D eigenvalue weighted by Gasteiger charge is 2.08. The Morgan fingerprint density at radius 3 is 2.75 bits per heavy atom. The normalized spacial score (nSPS) is 9.92. The summed E-state index contributed by atoms with van der Waals surface area (Å²) in [5.41, 5.74) is 0. The Balaban J connectivity index is 3.10. The van der Waals surface area contributed by atoms with Gasteiger partial charge in [-0.25, -0.2) is 4.39 Å². The molecule has 0 bridgehead atoms. The fourth-order valence-electron chi connectivity index (χ4n) is 0.834. The maximum absolute atomic E-state index is 12.6. The lowest BCUT2D eigenvalue weighted by Gasteiger charge is -2.07. The molecule has 0 atom stereocenters. The highest BCUT2D eigenvalue weighted by atomic mass is 79.9. The van der Waals surface area contributed by atoms with Crippen molar-refractivity contribution in [2.24, 2.45) is 0 Å². The van der Waals surface area contributed by atoms with Gasteiger partial charge in [0.25, 0.3) is 0 Å². The van der Waals surface area contributed by atoms with E-state index in [9.17, 15) is 9.50 Å². The summed E-state index contributed by atoms with van der Waals surface area (Å²) in [6, 6.07) is 2.25. The highest BCUT2D eigenvalue weighted by molar-refractivity contribution is 9.10. The SMILES string of the molecule is CCOc1c(O)cc(F)cc1Br. The molecule has 0 heterocycles. The van der Waals surface area contributed by atoms with Crippen molar-refractivity contribution in [3.63, 3.8) is 0 Å². The van der Waals surface area contributed by atoms with Crippen LogP contribution in [0.15, 0.2) is 16.6 Å². The molecular formula is C8H8BrFO2. The standard InChI is InChI=1S/C8H8BrFO2/c1-2-12-8-6(9)3-5(10)4-7(8)11/h3-4,11H,2H2,1H3. The van der Waals surface area contributed by atoms with Crippen LogP contribution in [-0.2, 0) is 0 Å². The van der Waals surface area contributed by atoms with Crippen LogP contribution in [0.25, 0.3) is 0 Å². The molecule has 1 aromatic carbocycles. The van der Waals surface area contributed by atoms with E-state index in [0.29, 0.717) is 11.1 Å². The van der Waals surface area contributed by atoms with Crippen LogP contribution < -0.4 is 4.74 Å². The van der Waals surface area contributed by atoms with Crippen molar-refractivity contribution >= 4 is 15.9 Å². The predicted octanol–water partition coefficient (Wildman–Crippen LogP) is 2.69. The molecule has 0 unspecified atom stereocenters. The van der Waals surface area contributed by atoms with Gasteiger partial charge in [-0.1, -0.05) is 0 Å². The third kappa shape index (κ3) is 1.88. The smallest absolute Gasteiger partial charge is 0.175 e. The van der Waals surface area contributed by atoms with Gasteiger partial charge in [-0.2, -0.15) is 0 Å². The van der Waals surface area contributed by atoms with E-state index >= 15 is 0 Å². The maximum Gasteiger partial charge on any atom is 0.175 e. The topological polar surface area (TPSA) is 29.5 Å². The number of hydrogen-bond acceptors (Lipinski definition) is 2. The lowest BCUT2D eigenvalue weighted by Crippen LogP contribution is -1.93. The molecule has 0 aliphatic rings. The summed E-state index contributed by atoms with van der Waals surface area (Å²) in [4.78, 5) is 0. The van der Waals surface area contributed by atoms with Gasteiger partial charge in [0.05, 0.1) is 11.1 Å². The highest BCUT2D eigenvalue weighted by Crippen LogP contribution is 2.35. The molecule has 2 nitrogen and oxygen atoms in total. The first-order valence-corrected chi connectivity index (χ1v) is 4.25. The summed E-state index contributed by atoms with van der Waals surface area (Å²) < 4.78 is 18.1. The van der Waals surface area contributed by atoms with Gasteiger partial charge in [0.1, 0.15) is 5.82 Å². The summed E-state index contributed by atoms with van der Waals surface area (Å²) in [5.74, 6) is -0.412. The Morgan fingerprint density at radius 1 is 1.58 bits per heavy atom. The number of ether oxygens (including phenoxy) is 1. The predicted molar refractivity (Wildman–Crippen MR) is 46.9 cm³/mol. The van der Waals surface area contributed by atoms with Crippen molar-refractivity contribution in [1.82, 2.24) is 0 Å². The van der Waals surface area contributed by atoms with Crippen molar-refractivity contribution in [2.45, 2.75) is 6.92 Å². The summed E-state index contributed by atoms with van der Waals surface area (Å²) in [5, 5.41) is 9.21. The average Bonchev–Trinajstić information content (AvgIpc) is 1.96. The fourth-order valence-corrected chi connectivity index (χ4v) is 1.37. The van der Waals surface area contributed by atoms with E-state index in [1.807, 2.05) is 0 Å². The van der Waals surface area contributed by atoms with Gasteiger partial charge in [0.15, 0.2) is 11.5 Å². The molecular weight excluding hydrogens is 227 g/mol. The molecule has 4 heteroatoms. The molecule has 0 aromatic heterocycles. The van der Waals surface area contributed by atoms with E-state index in [1.54, 1.807) is 6.92 Å². The number of hydrogen-bond donors (Lipinski definition) is 1. The van der Waals surface area contributed by atoms with Gasteiger partial charge in [0.2, 0.25) is 0 Å². The van der Waals surface area contributed by atoms with Crippen molar-refractivity contribution in [1.29, 1.82) is 0 Å². The molecule has 0 amide bonds. The van der Waals surface area contributed by atoms with Crippen molar-refractivity contribution < 1.29 is 14.2 Å². The second-order valence-corrected chi connectivity index (χ2v) is 3.02. The van der Waals surface area contributed by atoms with Crippen molar-refractivity contribution in [3.05, 3.63) is 22.4 Å². The van der Waals surface area contributed by atoms with Gasteiger partial charge in [0, 0.05) is 6.07 Å². The van der Waals surface area contributed by atoms with Gasteiger partial charge < -0.3 is 9.84 Å². The van der Waals surface area contributed by atoms with Crippen LogP contribution in [0.3, 0.4) is 0 Å². The van der Waals surface area contributed by atoms with Crippen LogP contribution >= 0.6 is 15.9 Å². The molecule has 0 radical (unpaired) electrons. The minimum absolute atomic E-state index is 0.191. The van der Waals surface area contributed by atoms with E-state index in [-0.39, 0.29) is 11.5 Å². The molecule has 0 aliphatic carbocycles. The molecule has 0 saturated carbocycles. The minimum Gasteiger partial charge on any atom is -0.504 e. The number of rotatable bonds is 2. The number of phenols is 1. The van der Waals surface area contributed by atoms with Crippen LogP contribution in [0.2, 0.25) is 0 Å². The number of phenolic OH excluding ortho intramolecular Hbond substituents is 1. The molecule has 0 saturated heterocycles. The second kappa shape index (κ2) is 3.76. The minimum atomic E-state index is -0.497. The number of aromatic hydroxyl groups is 1. The Morgan fingerprint density at radius 2 is 2.25 bits per heavy atom. The summed E-state index contributed by atoms with van der Waals surface area (Å²) in [7, 11) is 0. The van der Waals surface area contributed by atoms with Crippen LogP contribution in [0.4, 0.5) is 4.39 Å². The Hall–Kier alpha value is -0.770. The molecule has 1 rings (SSSR count). The van der Waals surface area contributed by atoms with E-state index in [0.717, 1.165) is 6.07 Å². The zero-order chi connectivity index (χ0) is 9.14. The lowest BCUT2D eigenvalue weighted by atomic mass is 10.3. The molecule has 0 aliphatic heterocycles. The Bertz CT molecular complexity index is 265. The zero-order valence-electron chi connectivity index (χ0n) is 6.47. The number of benzene rings is 1. The van der Waals surface area contributed by atoms with Crippen LogP contribution in [0.5, 0.6) is 11.5 Å². The van der Waals surface area contributed by atoms with Gasteiger partial charge in [-0.3, -0.25) is 0 Å². The summed E-state index contributed by atoms with van der Waals surface area (Å²) >= 11 is 3.07. The average molecular weight is 235 g/mol. The lowest BCUT2D eigenvalue weighted by molar-refractivity contribution is 0.314. The molecule has 12 heavy (non-hydrogen) atoms. The van der Waals surface area contributed by atoms with E-state index < -0.39 is 5.82 Å². The summed E-state index contributed by atoms with van der Waals surface area (Å²) in [6.45, 7) is 2.22. The first-order chi connectivity index (χ1) is 5.65. The first-order valence-electron chi connectivity index (χ1n) is 3.46. The second-order valence-electron chi connectivity index (χ2n) is 2.17. The zero-order valence-corrected chi connectivity index (χ0v) is 8.06. The van der Waals surface area contributed by atoms with E-state index in [4.69, 9.17) is 4.74 Å². The van der Waals surface area contributed by atoms with Crippen LogP contribution in [0, 0.1) is 5.82 Å². The fraction of sp³-hybridized carbons (Fsp3) is 0.250. The quantitative estimate of drug-likeness (QED) is 0.853. The third-order valence-electron chi connectivity index (χ3n) is 1.28. The molecule has 1 N–H and O–H groups in total. The largest absolute Gasteiger partial charge is 0.504 e. The van der Waals surface area contributed by atoms with Crippen LogP contribution in [-0.4, -0.2) is 11.7 Å². The van der Waals surface area contributed by atoms with Gasteiger partial charge in [-0.05, 0) is 28.9 Å². The Labute approximate surface area is 78.1 Å². The third-order valence-corrected chi connectivity index (χ3v) is 1.87. The first kappa shape index (κ1) is 9.32. The van der Waals surface area contributed by atoms with Crippen LogP contribution in [0.1, 0.15) is 6.92 Å². The molecule has 66 valence electrons. The summed E-state index contributed by atoms with van der Waals surface area (Å²) in [6.07, 6.45) is 0. The van der Waals surface area contributed by atoms with Crippen molar-refractivity contribution in [2.75, 3.05) is 6.61 Å². The molecule has 0 fully saturated rings. The van der Waals surface area contributed by atoms with Gasteiger partial charge in [-0.15, -0.1) is 0 Å². The Kier molecular flexibility index (Phi) is 2.92. The van der Waals surface area contributed by atoms with Crippen molar-refractivity contribution in [3.8, 4) is 11.5 Å².